The van der Waals surface area contributed by atoms with Crippen molar-refractivity contribution in [3.8, 4) is 0 Å². The van der Waals surface area contributed by atoms with Gasteiger partial charge >= 0.3 is 0 Å². The summed E-state index contributed by atoms with van der Waals surface area (Å²) in [5, 5.41) is 11.2. The molecule has 3 rings (SSSR count). The Kier molecular flexibility index (Phi) is 3.50. The van der Waals surface area contributed by atoms with E-state index in [1.54, 1.807) is 0 Å². The third kappa shape index (κ3) is 2.43. The van der Waals surface area contributed by atoms with E-state index in [9.17, 15) is 4.79 Å². The Morgan fingerprint density at radius 1 is 1.30 bits per heavy atom. The Morgan fingerprint density at radius 3 is 2.85 bits per heavy atom. The van der Waals surface area contributed by atoms with Crippen LogP contribution in [0, 0.1) is 0 Å². The van der Waals surface area contributed by atoms with Crippen LogP contribution in [-0.2, 0) is 25.9 Å². The summed E-state index contributed by atoms with van der Waals surface area (Å²) in [5.74, 6) is 1.81. The van der Waals surface area contributed by atoms with Crippen molar-refractivity contribution < 1.29 is 4.79 Å². The Morgan fingerprint density at radius 2 is 2.10 bits per heavy atom. The van der Waals surface area contributed by atoms with Crippen molar-refractivity contribution in [1.29, 1.82) is 0 Å². The fraction of sp³-hybridized carbons (Fsp3) is 0.400. The standard InChI is InChI=1S/C15H18N4O/c1-2-11-5-7-12(8-6-11)15(20)16-10-14-18-17-13-4-3-9-19(13)14/h5-8H,2-4,9-10H2,1H3,(H,16,20). The van der Waals surface area contributed by atoms with Crippen LogP contribution in [0.2, 0.25) is 0 Å². The van der Waals surface area contributed by atoms with Gasteiger partial charge < -0.3 is 9.88 Å². The maximum Gasteiger partial charge on any atom is 0.251 e. The minimum atomic E-state index is -0.0667. The zero-order valence-electron chi connectivity index (χ0n) is 11.6. The number of rotatable bonds is 4. The summed E-state index contributed by atoms with van der Waals surface area (Å²) in [6.45, 7) is 3.49. The molecular weight excluding hydrogens is 252 g/mol. The second-order valence-corrected chi connectivity index (χ2v) is 5.02. The zero-order chi connectivity index (χ0) is 13.9. The second kappa shape index (κ2) is 5.45. The molecular formula is C15H18N4O. The SMILES string of the molecule is CCc1ccc(C(=O)NCc2nnc3n2CCC3)cc1. The molecule has 0 unspecified atom stereocenters. The molecule has 2 heterocycles. The maximum atomic E-state index is 12.1. The van der Waals surface area contributed by atoms with Crippen molar-refractivity contribution in [2.45, 2.75) is 39.3 Å². The molecule has 0 saturated heterocycles. The Hall–Kier alpha value is -2.17. The van der Waals surface area contributed by atoms with Gasteiger partial charge in [0.1, 0.15) is 5.82 Å². The molecule has 5 nitrogen and oxygen atoms in total. The Labute approximate surface area is 118 Å². The molecule has 1 aliphatic heterocycles. The zero-order valence-corrected chi connectivity index (χ0v) is 11.6. The van der Waals surface area contributed by atoms with Crippen LogP contribution < -0.4 is 5.32 Å². The highest BCUT2D eigenvalue weighted by Gasteiger charge is 2.17. The molecule has 2 aromatic rings. The molecule has 0 atom stereocenters. The molecule has 1 aromatic carbocycles. The largest absolute Gasteiger partial charge is 0.345 e. The maximum absolute atomic E-state index is 12.1. The van der Waals surface area contributed by atoms with Crippen LogP contribution in [0.5, 0.6) is 0 Å². The number of carbonyl (C=O) groups is 1. The minimum absolute atomic E-state index is 0.0667. The first-order valence-corrected chi connectivity index (χ1v) is 7.06. The van der Waals surface area contributed by atoms with Gasteiger partial charge in [-0.15, -0.1) is 10.2 Å². The normalized spacial score (nSPS) is 13.2. The molecule has 0 radical (unpaired) electrons. The van der Waals surface area contributed by atoms with E-state index in [1.807, 2.05) is 24.3 Å². The average molecular weight is 270 g/mol. The summed E-state index contributed by atoms with van der Waals surface area (Å²) in [5.41, 5.74) is 1.92. The van der Waals surface area contributed by atoms with Crippen molar-refractivity contribution in [2.24, 2.45) is 0 Å². The lowest BCUT2D eigenvalue weighted by molar-refractivity contribution is 0.0949. The number of benzene rings is 1. The Bertz CT molecular complexity index is 615. The lowest BCUT2D eigenvalue weighted by Gasteiger charge is -2.06. The van der Waals surface area contributed by atoms with Crippen LogP contribution in [0.1, 0.15) is 40.9 Å². The highest BCUT2D eigenvalue weighted by atomic mass is 16.1. The number of hydrogen-bond acceptors (Lipinski definition) is 3. The molecule has 1 aliphatic rings. The van der Waals surface area contributed by atoms with Crippen molar-refractivity contribution in [3.05, 3.63) is 47.0 Å². The molecule has 0 aliphatic carbocycles. The van der Waals surface area contributed by atoms with Gasteiger partial charge in [0, 0.05) is 18.5 Å². The van der Waals surface area contributed by atoms with E-state index >= 15 is 0 Å². The molecule has 5 heteroatoms. The van der Waals surface area contributed by atoms with E-state index in [2.05, 4.69) is 27.0 Å². The highest BCUT2D eigenvalue weighted by Crippen LogP contribution is 2.13. The summed E-state index contributed by atoms with van der Waals surface area (Å²) in [4.78, 5) is 12.1. The van der Waals surface area contributed by atoms with Crippen molar-refractivity contribution in [1.82, 2.24) is 20.1 Å². The third-order valence-electron chi connectivity index (χ3n) is 3.72. The van der Waals surface area contributed by atoms with Crippen LogP contribution in [-0.4, -0.2) is 20.7 Å². The van der Waals surface area contributed by atoms with Gasteiger partial charge in [0.2, 0.25) is 0 Å². The first-order valence-electron chi connectivity index (χ1n) is 7.06. The van der Waals surface area contributed by atoms with Crippen LogP contribution in [0.3, 0.4) is 0 Å². The number of carbonyl (C=O) groups excluding carboxylic acids is 1. The van der Waals surface area contributed by atoms with Gasteiger partial charge in [-0.25, -0.2) is 0 Å². The molecule has 1 N–H and O–H groups in total. The first-order chi connectivity index (χ1) is 9.78. The number of amides is 1. The summed E-state index contributed by atoms with van der Waals surface area (Å²) in [7, 11) is 0. The van der Waals surface area contributed by atoms with Gasteiger partial charge in [-0.2, -0.15) is 0 Å². The second-order valence-electron chi connectivity index (χ2n) is 5.02. The van der Waals surface area contributed by atoms with E-state index in [4.69, 9.17) is 0 Å². The predicted molar refractivity (Wildman–Crippen MR) is 75.3 cm³/mol. The van der Waals surface area contributed by atoms with E-state index in [1.165, 1.54) is 5.56 Å². The van der Waals surface area contributed by atoms with Gasteiger partial charge in [0.15, 0.2) is 5.82 Å². The van der Waals surface area contributed by atoms with Crippen LogP contribution >= 0.6 is 0 Å². The lowest BCUT2D eigenvalue weighted by atomic mass is 10.1. The van der Waals surface area contributed by atoms with Gasteiger partial charge in [0.25, 0.3) is 5.91 Å². The predicted octanol–water partition coefficient (Wildman–Crippen LogP) is 1.72. The summed E-state index contributed by atoms with van der Waals surface area (Å²) in [6, 6.07) is 7.71. The third-order valence-corrected chi connectivity index (χ3v) is 3.72. The lowest BCUT2D eigenvalue weighted by Crippen LogP contribution is -2.24. The van der Waals surface area contributed by atoms with Gasteiger partial charge in [-0.05, 0) is 30.5 Å². The molecule has 0 saturated carbocycles. The molecule has 0 fully saturated rings. The highest BCUT2D eigenvalue weighted by molar-refractivity contribution is 5.94. The fourth-order valence-electron chi connectivity index (χ4n) is 2.49. The fourth-order valence-corrected chi connectivity index (χ4v) is 2.49. The van der Waals surface area contributed by atoms with Gasteiger partial charge in [-0.3, -0.25) is 4.79 Å². The van der Waals surface area contributed by atoms with Gasteiger partial charge in [-0.1, -0.05) is 19.1 Å². The van der Waals surface area contributed by atoms with Crippen molar-refractivity contribution >= 4 is 5.91 Å². The summed E-state index contributed by atoms with van der Waals surface area (Å²) >= 11 is 0. The molecule has 104 valence electrons. The number of fused-ring (bicyclic) bond motifs is 1. The van der Waals surface area contributed by atoms with E-state index in [0.29, 0.717) is 12.1 Å². The topological polar surface area (TPSA) is 59.8 Å². The number of nitrogens with zero attached hydrogens (tertiary/aromatic N) is 3. The number of hydrogen-bond donors (Lipinski definition) is 1. The van der Waals surface area contributed by atoms with Crippen molar-refractivity contribution in [2.75, 3.05) is 0 Å². The van der Waals surface area contributed by atoms with E-state index < -0.39 is 0 Å². The molecule has 1 amide bonds. The van der Waals surface area contributed by atoms with Crippen LogP contribution in [0.25, 0.3) is 0 Å². The number of aromatic nitrogens is 3. The number of nitrogens with one attached hydrogen (secondary N) is 1. The monoisotopic (exact) mass is 270 g/mol. The van der Waals surface area contributed by atoms with Gasteiger partial charge in [0.05, 0.1) is 6.54 Å². The van der Waals surface area contributed by atoms with Crippen molar-refractivity contribution in [3.63, 3.8) is 0 Å². The molecule has 20 heavy (non-hydrogen) atoms. The average Bonchev–Trinajstić information content (AvgIpc) is 3.08. The smallest absolute Gasteiger partial charge is 0.251 e. The Balaban J connectivity index is 1.63. The molecule has 0 spiro atoms. The molecule has 0 bridgehead atoms. The first kappa shape index (κ1) is 12.8. The summed E-state index contributed by atoms with van der Waals surface area (Å²) < 4.78 is 2.10. The molecule has 1 aromatic heterocycles. The summed E-state index contributed by atoms with van der Waals surface area (Å²) in [6.07, 6.45) is 3.08. The van der Waals surface area contributed by atoms with Crippen LogP contribution in [0.15, 0.2) is 24.3 Å². The quantitative estimate of drug-likeness (QED) is 0.920. The van der Waals surface area contributed by atoms with E-state index in [-0.39, 0.29) is 5.91 Å². The van der Waals surface area contributed by atoms with E-state index in [0.717, 1.165) is 37.5 Å². The van der Waals surface area contributed by atoms with Crippen LogP contribution in [0.4, 0.5) is 0 Å². The number of aryl methyl sites for hydroxylation is 2. The minimum Gasteiger partial charge on any atom is -0.345 e.